The molecular weight excluding hydrogens is 321 g/mol. The molecule has 0 N–H and O–H groups in total. The Bertz CT molecular complexity index is 857. The quantitative estimate of drug-likeness (QED) is 0.474. The van der Waals surface area contributed by atoms with Gasteiger partial charge in [0, 0.05) is 12.3 Å². The van der Waals surface area contributed by atoms with Gasteiger partial charge in [-0.15, -0.1) is 16.8 Å². The lowest BCUT2D eigenvalue weighted by Gasteiger charge is -2.08. The molecule has 1 heterocycles. The predicted octanol–water partition coefficient (Wildman–Crippen LogP) is 4.87. The van der Waals surface area contributed by atoms with Gasteiger partial charge in [0.05, 0.1) is 5.56 Å². The van der Waals surface area contributed by atoms with Crippen molar-refractivity contribution >= 4 is 11.8 Å². The van der Waals surface area contributed by atoms with E-state index in [1.54, 1.807) is 36.0 Å². The van der Waals surface area contributed by atoms with Crippen molar-refractivity contribution in [1.29, 1.82) is 0 Å². The monoisotopic (exact) mass is 339 g/mol. The summed E-state index contributed by atoms with van der Waals surface area (Å²) in [7, 11) is 0. The summed E-state index contributed by atoms with van der Waals surface area (Å²) in [4.78, 5) is 0. The van der Waals surface area contributed by atoms with E-state index in [4.69, 9.17) is 0 Å². The van der Waals surface area contributed by atoms with Gasteiger partial charge >= 0.3 is 0 Å². The molecule has 0 bridgehead atoms. The summed E-state index contributed by atoms with van der Waals surface area (Å²) in [6.45, 7) is 6.39. The fourth-order valence-corrected chi connectivity index (χ4v) is 3.37. The number of aryl methyl sites for hydroxylation is 1. The Morgan fingerprint density at radius 1 is 1.17 bits per heavy atom. The summed E-state index contributed by atoms with van der Waals surface area (Å²) < 4.78 is 16.0. The lowest BCUT2D eigenvalue weighted by molar-refractivity contribution is 0.626. The van der Waals surface area contributed by atoms with E-state index in [0.29, 0.717) is 17.9 Å². The number of nitrogens with zero attached hydrogens (tertiary/aromatic N) is 3. The number of thioether (sulfide) groups is 1. The highest BCUT2D eigenvalue weighted by Crippen LogP contribution is 2.28. The van der Waals surface area contributed by atoms with Crippen LogP contribution in [0.25, 0.3) is 11.4 Å². The van der Waals surface area contributed by atoms with Crippen molar-refractivity contribution < 1.29 is 4.39 Å². The normalized spacial score (nSPS) is 10.8. The summed E-state index contributed by atoms with van der Waals surface area (Å²) in [6.07, 6.45) is 1.77. The summed E-state index contributed by atoms with van der Waals surface area (Å²) in [5, 5.41) is 9.21. The largest absolute Gasteiger partial charge is 0.298 e. The van der Waals surface area contributed by atoms with Gasteiger partial charge in [0.15, 0.2) is 11.0 Å². The van der Waals surface area contributed by atoms with Gasteiger partial charge in [-0.05, 0) is 24.6 Å². The topological polar surface area (TPSA) is 30.7 Å². The molecule has 3 aromatic rings. The Morgan fingerprint density at radius 3 is 2.75 bits per heavy atom. The number of aromatic nitrogens is 3. The molecule has 0 aliphatic carbocycles. The second-order valence-electron chi connectivity index (χ2n) is 5.46. The van der Waals surface area contributed by atoms with Gasteiger partial charge in [0.2, 0.25) is 0 Å². The molecule has 3 nitrogen and oxygen atoms in total. The maximum absolute atomic E-state index is 14.1. The molecule has 0 atom stereocenters. The number of hydrogen-bond acceptors (Lipinski definition) is 3. The van der Waals surface area contributed by atoms with E-state index >= 15 is 0 Å². The Kier molecular flexibility index (Phi) is 5.11. The number of rotatable bonds is 6. The third-order valence-corrected chi connectivity index (χ3v) is 4.63. The molecule has 0 saturated heterocycles. The molecule has 0 fully saturated rings. The predicted molar refractivity (Wildman–Crippen MR) is 96.4 cm³/mol. The fraction of sp³-hybridized carbons (Fsp3) is 0.158. The van der Waals surface area contributed by atoms with Crippen LogP contribution in [0.15, 0.2) is 66.3 Å². The summed E-state index contributed by atoms with van der Waals surface area (Å²) in [6, 6.07) is 15.0. The van der Waals surface area contributed by atoms with Crippen LogP contribution in [0.4, 0.5) is 4.39 Å². The van der Waals surface area contributed by atoms with Gasteiger partial charge in [-0.25, -0.2) is 4.39 Å². The first-order valence-electron chi connectivity index (χ1n) is 7.66. The average Bonchev–Trinajstić information content (AvgIpc) is 2.97. The van der Waals surface area contributed by atoms with Crippen molar-refractivity contribution in [2.75, 3.05) is 0 Å². The molecule has 0 aliphatic heterocycles. The molecule has 0 spiro atoms. The number of hydrogen-bond donors (Lipinski definition) is 0. The summed E-state index contributed by atoms with van der Waals surface area (Å²) >= 11 is 1.59. The zero-order valence-electron chi connectivity index (χ0n) is 13.4. The third kappa shape index (κ3) is 3.57. The first-order valence-corrected chi connectivity index (χ1v) is 8.65. The second-order valence-corrected chi connectivity index (χ2v) is 6.41. The van der Waals surface area contributed by atoms with Gasteiger partial charge in [-0.1, -0.05) is 59.8 Å². The van der Waals surface area contributed by atoms with Crippen molar-refractivity contribution in [3.63, 3.8) is 0 Å². The molecule has 122 valence electrons. The Balaban J connectivity index is 1.89. The van der Waals surface area contributed by atoms with Crippen LogP contribution in [-0.4, -0.2) is 14.8 Å². The van der Waals surface area contributed by atoms with Crippen LogP contribution in [0.3, 0.4) is 0 Å². The van der Waals surface area contributed by atoms with Crippen LogP contribution in [-0.2, 0) is 12.3 Å². The molecule has 0 unspecified atom stereocenters. The van der Waals surface area contributed by atoms with Crippen LogP contribution in [0, 0.1) is 12.7 Å². The zero-order valence-corrected chi connectivity index (χ0v) is 14.3. The molecule has 3 rings (SSSR count). The van der Waals surface area contributed by atoms with Crippen LogP contribution < -0.4 is 0 Å². The van der Waals surface area contributed by atoms with Crippen molar-refractivity contribution in [2.45, 2.75) is 24.4 Å². The zero-order chi connectivity index (χ0) is 16.9. The standard InChI is InChI=1S/C19H18FN3S/c1-3-11-23-18(16-9-4-5-10-17(16)20)21-22-19(23)24-13-15-8-6-7-14(2)12-15/h3-10,12H,1,11,13H2,2H3. The van der Waals surface area contributed by atoms with Gasteiger partial charge in [0.1, 0.15) is 5.82 Å². The third-order valence-electron chi connectivity index (χ3n) is 3.59. The molecule has 5 heteroatoms. The minimum Gasteiger partial charge on any atom is -0.298 e. The molecule has 0 amide bonds. The number of halogens is 1. The fourth-order valence-electron chi connectivity index (χ4n) is 2.48. The lowest BCUT2D eigenvalue weighted by Crippen LogP contribution is -2.01. The number of benzene rings is 2. The highest BCUT2D eigenvalue weighted by Gasteiger charge is 2.16. The van der Waals surface area contributed by atoms with Crippen LogP contribution >= 0.6 is 11.8 Å². The molecule has 0 aliphatic rings. The minimum absolute atomic E-state index is 0.301. The van der Waals surface area contributed by atoms with E-state index in [0.717, 1.165) is 10.9 Å². The first kappa shape index (κ1) is 16.5. The van der Waals surface area contributed by atoms with E-state index < -0.39 is 0 Å². The van der Waals surface area contributed by atoms with Gasteiger partial charge in [-0.3, -0.25) is 4.57 Å². The number of allylic oxidation sites excluding steroid dienone is 1. The molecule has 0 radical (unpaired) electrons. The highest BCUT2D eigenvalue weighted by molar-refractivity contribution is 7.98. The van der Waals surface area contributed by atoms with Crippen LogP contribution in [0.5, 0.6) is 0 Å². The SMILES string of the molecule is C=CCn1c(SCc2cccc(C)c2)nnc1-c1ccccc1F. The van der Waals surface area contributed by atoms with Crippen molar-refractivity contribution in [3.05, 3.63) is 78.1 Å². The molecular formula is C19H18FN3S. The van der Waals surface area contributed by atoms with E-state index in [9.17, 15) is 4.39 Å². The highest BCUT2D eigenvalue weighted by atomic mass is 32.2. The Hall–Kier alpha value is -2.40. The van der Waals surface area contributed by atoms with E-state index in [2.05, 4.69) is 41.9 Å². The van der Waals surface area contributed by atoms with Crippen LogP contribution in [0.2, 0.25) is 0 Å². The first-order chi connectivity index (χ1) is 11.7. The van der Waals surface area contributed by atoms with E-state index in [-0.39, 0.29) is 5.82 Å². The summed E-state index contributed by atoms with van der Waals surface area (Å²) in [5.41, 5.74) is 2.91. The lowest BCUT2D eigenvalue weighted by atomic mass is 10.2. The average molecular weight is 339 g/mol. The van der Waals surface area contributed by atoms with Crippen LogP contribution in [0.1, 0.15) is 11.1 Å². The maximum atomic E-state index is 14.1. The maximum Gasteiger partial charge on any atom is 0.192 e. The van der Waals surface area contributed by atoms with Gasteiger partial charge < -0.3 is 0 Å². The molecule has 24 heavy (non-hydrogen) atoms. The van der Waals surface area contributed by atoms with E-state index in [1.807, 2.05) is 10.6 Å². The van der Waals surface area contributed by atoms with E-state index in [1.165, 1.54) is 17.2 Å². The second kappa shape index (κ2) is 7.45. The Labute approximate surface area is 145 Å². The summed E-state index contributed by atoms with van der Waals surface area (Å²) in [5.74, 6) is 1.01. The molecule has 1 aromatic heterocycles. The van der Waals surface area contributed by atoms with Crippen molar-refractivity contribution in [1.82, 2.24) is 14.8 Å². The minimum atomic E-state index is -0.301. The van der Waals surface area contributed by atoms with Crippen molar-refractivity contribution in [2.24, 2.45) is 0 Å². The van der Waals surface area contributed by atoms with Crippen molar-refractivity contribution in [3.8, 4) is 11.4 Å². The molecule has 2 aromatic carbocycles. The smallest absolute Gasteiger partial charge is 0.192 e. The van der Waals surface area contributed by atoms with Gasteiger partial charge in [0.25, 0.3) is 0 Å². The van der Waals surface area contributed by atoms with Gasteiger partial charge in [-0.2, -0.15) is 0 Å². The molecule has 0 saturated carbocycles. The Morgan fingerprint density at radius 2 is 2.00 bits per heavy atom.